The summed E-state index contributed by atoms with van der Waals surface area (Å²) >= 11 is 5.87. The number of carbonyl (C=O) groups is 1. The number of esters is 1. The van der Waals surface area contributed by atoms with Gasteiger partial charge in [-0.25, -0.2) is 18.3 Å². The molecule has 1 aromatic heterocycles. The normalized spacial score (nSPS) is 10.7. The molecule has 3 rings (SSSR count). The van der Waals surface area contributed by atoms with Crippen LogP contribution in [0.3, 0.4) is 0 Å². The SMILES string of the molecule is CCOC(=O)c1cc(-c2cc(F)cc(OC)c2)n(-c2ccc(F)c(Cl)c2)n1. The summed E-state index contributed by atoms with van der Waals surface area (Å²) in [7, 11) is 1.42. The van der Waals surface area contributed by atoms with E-state index in [9.17, 15) is 13.6 Å². The Labute approximate surface area is 159 Å². The number of nitrogens with zero attached hydrogens (tertiary/aromatic N) is 2. The molecule has 0 atom stereocenters. The van der Waals surface area contributed by atoms with Crippen LogP contribution in [0, 0.1) is 11.6 Å². The van der Waals surface area contributed by atoms with Gasteiger partial charge in [-0.05, 0) is 43.3 Å². The Morgan fingerprint density at radius 2 is 1.96 bits per heavy atom. The maximum atomic E-state index is 14.0. The first-order valence-corrected chi connectivity index (χ1v) is 8.38. The molecule has 8 heteroatoms. The van der Waals surface area contributed by atoms with Gasteiger partial charge in [-0.3, -0.25) is 0 Å². The number of rotatable bonds is 5. The lowest BCUT2D eigenvalue weighted by molar-refractivity contribution is 0.0519. The zero-order chi connectivity index (χ0) is 19.6. The van der Waals surface area contributed by atoms with Crippen LogP contribution in [0.4, 0.5) is 8.78 Å². The van der Waals surface area contributed by atoms with Crippen molar-refractivity contribution in [3.05, 3.63) is 64.8 Å². The first kappa shape index (κ1) is 18.8. The van der Waals surface area contributed by atoms with Crippen LogP contribution < -0.4 is 4.74 Å². The van der Waals surface area contributed by atoms with Gasteiger partial charge in [-0.1, -0.05) is 11.6 Å². The first-order chi connectivity index (χ1) is 12.9. The van der Waals surface area contributed by atoms with Crippen molar-refractivity contribution < 1.29 is 23.0 Å². The van der Waals surface area contributed by atoms with Crippen LogP contribution >= 0.6 is 11.6 Å². The molecule has 0 aliphatic rings. The number of carbonyl (C=O) groups excluding carboxylic acids is 1. The summed E-state index contributed by atoms with van der Waals surface area (Å²) in [5, 5.41) is 4.12. The van der Waals surface area contributed by atoms with Crippen LogP contribution in [-0.4, -0.2) is 29.5 Å². The van der Waals surface area contributed by atoms with Crippen molar-refractivity contribution >= 4 is 17.6 Å². The van der Waals surface area contributed by atoms with E-state index < -0.39 is 17.6 Å². The van der Waals surface area contributed by atoms with Crippen molar-refractivity contribution in [1.82, 2.24) is 9.78 Å². The summed E-state index contributed by atoms with van der Waals surface area (Å²) in [6, 6.07) is 9.54. The molecular formula is C19H15ClF2N2O3. The molecule has 0 saturated heterocycles. The number of methoxy groups -OCH3 is 1. The van der Waals surface area contributed by atoms with E-state index in [-0.39, 0.29) is 17.3 Å². The fourth-order valence-corrected chi connectivity index (χ4v) is 2.71. The van der Waals surface area contributed by atoms with E-state index >= 15 is 0 Å². The number of aromatic nitrogens is 2. The van der Waals surface area contributed by atoms with E-state index in [1.54, 1.807) is 13.0 Å². The molecule has 5 nitrogen and oxygen atoms in total. The minimum absolute atomic E-state index is 0.0236. The molecule has 0 aliphatic carbocycles. The van der Waals surface area contributed by atoms with Gasteiger partial charge in [0.25, 0.3) is 0 Å². The third-order valence-electron chi connectivity index (χ3n) is 3.74. The number of benzene rings is 2. The Bertz CT molecular complexity index is 1000. The van der Waals surface area contributed by atoms with Crippen molar-refractivity contribution in [2.75, 3.05) is 13.7 Å². The molecule has 0 N–H and O–H groups in total. The van der Waals surface area contributed by atoms with Crippen LogP contribution in [0.15, 0.2) is 42.5 Å². The Balaban J connectivity index is 2.20. The van der Waals surface area contributed by atoms with Crippen molar-refractivity contribution in [2.24, 2.45) is 0 Å². The average Bonchev–Trinajstić information content (AvgIpc) is 3.09. The topological polar surface area (TPSA) is 53.4 Å². The van der Waals surface area contributed by atoms with E-state index in [1.807, 2.05) is 0 Å². The Hall–Kier alpha value is -2.93. The fourth-order valence-electron chi connectivity index (χ4n) is 2.53. The predicted molar refractivity (Wildman–Crippen MR) is 96.4 cm³/mol. The number of hydrogen-bond acceptors (Lipinski definition) is 4. The maximum Gasteiger partial charge on any atom is 0.358 e. The second kappa shape index (κ2) is 7.75. The highest BCUT2D eigenvalue weighted by Crippen LogP contribution is 2.30. The summed E-state index contributed by atoms with van der Waals surface area (Å²) in [5.74, 6) is -1.44. The average molecular weight is 393 g/mol. The molecule has 27 heavy (non-hydrogen) atoms. The van der Waals surface area contributed by atoms with E-state index in [0.29, 0.717) is 22.7 Å². The monoisotopic (exact) mass is 392 g/mol. The lowest BCUT2D eigenvalue weighted by Crippen LogP contribution is -2.07. The molecule has 0 unspecified atom stereocenters. The highest BCUT2D eigenvalue weighted by atomic mass is 35.5. The van der Waals surface area contributed by atoms with Crippen LogP contribution in [0.2, 0.25) is 5.02 Å². The van der Waals surface area contributed by atoms with Crippen molar-refractivity contribution in [2.45, 2.75) is 6.92 Å². The van der Waals surface area contributed by atoms with Gasteiger partial charge in [0.1, 0.15) is 17.4 Å². The highest BCUT2D eigenvalue weighted by Gasteiger charge is 2.19. The van der Waals surface area contributed by atoms with Crippen LogP contribution in [0.25, 0.3) is 16.9 Å². The van der Waals surface area contributed by atoms with E-state index in [1.165, 1.54) is 48.2 Å². The molecule has 0 bridgehead atoms. The first-order valence-electron chi connectivity index (χ1n) is 8.00. The van der Waals surface area contributed by atoms with Gasteiger partial charge < -0.3 is 9.47 Å². The molecule has 0 amide bonds. The van der Waals surface area contributed by atoms with Gasteiger partial charge >= 0.3 is 5.97 Å². The number of ether oxygens (including phenoxy) is 2. The second-order valence-electron chi connectivity index (χ2n) is 5.53. The molecular weight excluding hydrogens is 378 g/mol. The molecule has 1 heterocycles. The van der Waals surface area contributed by atoms with Gasteiger partial charge in [0, 0.05) is 11.6 Å². The van der Waals surface area contributed by atoms with Gasteiger partial charge in [-0.15, -0.1) is 0 Å². The summed E-state index contributed by atoms with van der Waals surface area (Å²) in [6.07, 6.45) is 0. The van der Waals surface area contributed by atoms with Crippen LogP contribution in [-0.2, 0) is 4.74 Å². The fraction of sp³-hybridized carbons (Fsp3) is 0.158. The van der Waals surface area contributed by atoms with Crippen molar-refractivity contribution in [3.63, 3.8) is 0 Å². The Morgan fingerprint density at radius 1 is 1.19 bits per heavy atom. The zero-order valence-corrected chi connectivity index (χ0v) is 15.3. The summed E-state index contributed by atoms with van der Waals surface area (Å²) in [6.45, 7) is 1.85. The standard InChI is InChI=1S/C19H15ClF2N2O3/c1-3-27-19(25)17-10-18(11-6-12(21)8-14(7-11)26-2)24(23-17)13-4-5-16(22)15(20)9-13/h4-10H,3H2,1-2H3. The molecule has 0 fully saturated rings. The number of halogens is 3. The maximum absolute atomic E-state index is 14.0. The Morgan fingerprint density at radius 3 is 2.63 bits per heavy atom. The summed E-state index contributed by atoms with van der Waals surface area (Å²) in [5.41, 5.74) is 1.22. The van der Waals surface area contributed by atoms with Gasteiger partial charge in [-0.2, -0.15) is 5.10 Å². The molecule has 3 aromatic rings. The summed E-state index contributed by atoms with van der Waals surface area (Å²) in [4.78, 5) is 12.1. The van der Waals surface area contributed by atoms with E-state index in [4.69, 9.17) is 21.1 Å². The summed E-state index contributed by atoms with van der Waals surface area (Å²) < 4.78 is 38.9. The van der Waals surface area contributed by atoms with E-state index in [0.717, 1.165) is 0 Å². The highest BCUT2D eigenvalue weighted by molar-refractivity contribution is 6.30. The lowest BCUT2D eigenvalue weighted by atomic mass is 10.1. The predicted octanol–water partition coefficient (Wildman–Crippen LogP) is 4.66. The number of hydrogen-bond donors (Lipinski definition) is 0. The van der Waals surface area contributed by atoms with Crippen molar-refractivity contribution in [3.8, 4) is 22.7 Å². The van der Waals surface area contributed by atoms with Crippen LogP contribution in [0.1, 0.15) is 17.4 Å². The van der Waals surface area contributed by atoms with Gasteiger partial charge in [0.2, 0.25) is 0 Å². The third-order valence-corrected chi connectivity index (χ3v) is 4.03. The molecule has 0 radical (unpaired) electrons. The molecule has 140 valence electrons. The minimum Gasteiger partial charge on any atom is -0.497 e. The van der Waals surface area contributed by atoms with E-state index in [2.05, 4.69) is 5.10 Å². The third kappa shape index (κ3) is 3.93. The molecule has 2 aromatic carbocycles. The lowest BCUT2D eigenvalue weighted by Gasteiger charge is -2.10. The quantitative estimate of drug-likeness (QED) is 0.593. The smallest absolute Gasteiger partial charge is 0.358 e. The Kier molecular flexibility index (Phi) is 5.41. The second-order valence-corrected chi connectivity index (χ2v) is 5.93. The van der Waals surface area contributed by atoms with Gasteiger partial charge in [0.05, 0.1) is 30.1 Å². The van der Waals surface area contributed by atoms with Crippen LogP contribution in [0.5, 0.6) is 5.75 Å². The molecule has 0 spiro atoms. The van der Waals surface area contributed by atoms with Crippen molar-refractivity contribution in [1.29, 1.82) is 0 Å². The molecule has 0 aliphatic heterocycles. The zero-order valence-electron chi connectivity index (χ0n) is 14.5. The van der Waals surface area contributed by atoms with Gasteiger partial charge in [0.15, 0.2) is 5.69 Å². The molecule has 0 saturated carbocycles. The largest absolute Gasteiger partial charge is 0.497 e. The minimum atomic E-state index is -0.630.